The van der Waals surface area contributed by atoms with Crippen molar-refractivity contribution in [3.8, 4) is 0 Å². The number of benzene rings is 2. The quantitative estimate of drug-likeness (QED) is 0.833. The molecule has 30 heavy (non-hydrogen) atoms. The Bertz CT molecular complexity index is 906. The van der Waals surface area contributed by atoms with E-state index in [1.54, 1.807) is 30.2 Å². The molecule has 0 aromatic heterocycles. The lowest BCUT2D eigenvalue weighted by molar-refractivity contribution is -0.157. The van der Waals surface area contributed by atoms with Crippen molar-refractivity contribution in [1.29, 1.82) is 0 Å². The second kappa shape index (κ2) is 8.79. The summed E-state index contributed by atoms with van der Waals surface area (Å²) in [6.07, 6.45) is 0.167. The van der Waals surface area contributed by atoms with Crippen LogP contribution in [0.1, 0.15) is 29.2 Å². The highest BCUT2D eigenvalue weighted by atomic mass is 19.1. The fourth-order valence-corrected chi connectivity index (χ4v) is 4.54. The van der Waals surface area contributed by atoms with Crippen molar-refractivity contribution in [3.05, 3.63) is 70.8 Å². The maximum Gasteiger partial charge on any atom is 0.252 e. The molecular formula is C23H26F2N2O3. The molecule has 2 aromatic rings. The van der Waals surface area contributed by atoms with Crippen LogP contribution in [0, 0.1) is 11.6 Å². The molecule has 7 heteroatoms. The van der Waals surface area contributed by atoms with Crippen LogP contribution in [0.3, 0.4) is 0 Å². The molecule has 2 heterocycles. The average Bonchev–Trinajstić information content (AvgIpc) is 2.78. The van der Waals surface area contributed by atoms with Crippen molar-refractivity contribution < 1.29 is 23.0 Å². The molecule has 1 amide bonds. The Hall–Kier alpha value is -2.35. The number of ether oxygens (including phenoxy) is 2. The van der Waals surface area contributed by atoms with Crippen molar-refractivity contribution in [3.63, 3.8) is 0 Å². The number of rotatable bonds is 4. The first-order chi connectivity index (χ1) is 14.5. The summed E-state index contributed by atoms with van der Waals surface area (Å²) in [4.78, 5) is 15.3. The number of carbonyl (C=O) groups is 1. The maximum absolute atomic E-state index is 14.5. The Morgan fingerprint density at radius 2 is 1.97 bits per heavy atom. The minimum atomic E-state index is -0.619. The van der Waals surface area contributed by atoms with Gasteiger partial charge < -0.3 is 19.7 Å². The topological polar surface area (TPSA) is 50.8 Å². The van der Waals surface area contributed by atoms with Crippen LogP contribution in [-0.4, -0.2) is 56.4 Å². The van der Waals surface area contributed by atoms with Crippen molar-refractivity contribution in [2.75, 3.05) is 27.3 Å². The molecule has 0 saturated carbocycles. The summed E-state index contributed by atoms with van der Waals surface area (Å²) in [6, 6.07) is 10.5. The zero-order valence-electron chi connectivity index (χ0n) is 17.1. The number of hydrogen-bond acceptors (Lipinski definition) is 4. The first-order valence-corrected chi connectivity index (χ1v) is 10.2. The highest BCUT2D eigenvalue weighted by Gasteiger charge is 2.40. The van der Waals surface area contributed by atoms with E-state index in [1.165, 1.54) is 18.2 Å². The van der Waals surface area contributed by atoms with E-state index in [4.69, 9.17) is 9.47 Å². The average molecular weight is 416 g/mol. The summed E-state index contributed by atoms with van der Waals surface area (Å²) >= 11 is 0. The zero-order valence-corrected chi connectivity index (χ0v) is 17.1. The largest absolute Gasteiger partial charge is 0.377 e. The monoisotopic (exact) mass is 416 g/mol. The van der Waals surface area contributed by atoms with Crippen molar-refractivity contribution in [2.24, 2.45) is 0 Å². The van der Waals surface area contributed by atoms with Gasteiger partial charge in [0.1, 0.15) is 17.7 Å². The molecule has 5 nitrogen and oxygen atoms in total. The highest BCUT2D eigenvalue weighted by molar-refractivity contribution is 5.82. The number of hydrogen-bond donors (Lipinski definition) is 1. The third-order valence-electron chi connectivity index (χ3n) is 6.16. The van der Waals surface area contributed by atoms with Crippen molar-refractivity contribution in [2.45, 2.75) is 37.1 Å². The van der Waals surface area contributed by atoms with E-state index in [-0.39, 0.29) is 29.7 Å². The summed E-state index contributed by atoms with van der Waals surface area (Å²) in [5, 5.41) is 3.20. The van der Waals surface area contributed by atoms with Crippen LogP contribution < -0.4 is 5.32 Å². The molecule has 1 N–H and O–H groups in total. The van der Waals surface area contributed by atoms with Gasteiger partial charge in [-0.1, -0.05) is 24.3 Å². The third kappa shape index (κ3) is 3.85. The number of fused-ring (bicyclic) bond motifs is 1. The van der Waals surface area contributed by atoms with Gasteiger partial charge in [-0.3, -0.25) is 4.79 Å². The lowest BCUT2D eigenvalue weighted by Gasteiger charge is -2.42. The van der Waals surface area contributed by atoms with Gasteiger partial charge >= 0.3 is 0 Å². The summed E-state index contributed by atoms with van der Waals surface area (Å²) in [7, 11) is 3.46. The predicted molar refractivity (Wildman–Crippen MR) is 108 cm³/mol. The minimum Gasteiger partial charge on any atom is -0.377 e. The predicted octanol–water partition coefficient (Wildman–Crippen LogP) is 2.83. The number of halogens is 2. The number of methoxy groups -OCH3 is 1. The molecule has 0 unspecified atom stereocenters. The normalized spacial score (nSPS) is 26.3. The van der Waals surface area contributed by atoms with Crippen molar-refractivity contribution >= 4 is 5.91 Å². The van der Waals surface area contributed by atoms with E-state index in [9.17, 15) is 13.6 Å². The molecule has 0 radical (unpaired) electrons. The highest BCUT2D eigenvalue weighted by Crippen LogP contribution is 2.37. The fourth-order valence-electron chi connectivity index (χ4n) is 4.54. The third-order valence-corrected chi connectivity index (χ3v) is 6.16. The van der Waals surface area contributed by atoms with Gasteiger partial charge in [0.15, 0.2) is 0 Å². The van der Waals surface area contributed by atoms with Crippen LogP contribution in [0.15, 0.2) is 42.5 Å². The Kier molecular flexibility index (Phi) is 6.13. The standard InChI is InChI=1S/C23H26F2N2O3/c1-26-19-12-20(30-13-21(19)29-2)23(28)27-11-10-16-17(4-3-5-18(16)25)22(27)14-6-8-15(24)9-7-14/h3-9,19-22,26H,10-13H2,1-2H3/t19-,20+,21-,22-/m0/s1. The Morgan fingerprint density at radius 1 is 1.20 bits per heavy atom. The van der Waals surface area contributed by atoms with E-state index in [2.05, 4.69) is 5.32 Å². The van der Waals surface area contributed by atoms with E-state index >= 15 is 0 Å². The minimum absolute atomic E-state index is 0.00325. The smallest absolute Gasteiger partial charge is 0.252 e. The maximum atomic E-state index is 14.5. The number of nitrogens with one attached hydrogen (secondary N) is 1. The van der Waals surface area contributed by atoms with Gasteiger partial charge in [0.2, 0.25) is 0 Å². The van der Waals surface area contributed by atoms with Crippen LogP contribution in [0.4, 0.5) is 8.78 Å². The van der Waals surface area contributed by atoms with Gasteiger partial charge in [0, 0.05) is 26.1 Å². The summed E-state index contributed by atoms with van der Waals surface area (Å²) in [5.74, 6) is -0.780. The first kappa shape index (κ1) is 20.9. The molecule has 0 bridgehead atoms. The van der Waals surface area contributed by atoms with Gasteiger partial charge in [0.25, 0.3) is 5.91 Å². The van der Waals surface area contributed by atoms with Crippen LogP contribution in [-0.2, 0) is 20.7 Å². The molecule has 1 saturated heterocycles. The van der Waals surface area contributed by atoms with E-state index in [0.29, 0.717) is 31.6 Å². The Balaban J connectivity index is 1.67. The number of carbonyl (C=O) groups excluding carboxylic acids is 1. The van der Waals surface area contributed by atoms with E-state index in [1.807, 2.05) is 13.1 Å². The summed E-state index contributed by atoms with van der Waals surface area (Å²) < 4.78 is 39.3. The molecular weight excluding hydrogens is 390 g/mol. The van der Waals surface area contributed by atoms with Gasteiger partial charge in [-0.25, -0.2) is 8.78 Å². The second-order valence-corrected chi connectivity index (χ2v) is 7.77. The van der Waals surface area contributed by atoms with Gasteiger partial charge in [-0.15, -0.1) is 0 Å². The molecule has 4 rings (SSSR count). The summed E-state index contributed by atoms with van der Waals surface area (Å²) in [5.41, 5.74) is 2.08. The Morgan fingerprint density at radius 3 is 2.67 bits per heavy atom. The van der Waals surface area contributed by atoms with Crippen LogP contribution in [0.5, 0.6) is 0 Å². The van der Waals surface area contributed by atoms with Crippen molar-refractivity contribution in [1.82, 2.24) is 10.2 Å². The van der Waals surface area contributed by atoms with Gasteiger partial charge in [0.05, 0.1) is 18.8 Å². The fraction of sp³-hybridized carbons (Fsp3) is 0.435. The van der Waals surface area contributed by atoms with E-state index in [0.717, 1.165) is 11.1 Å². The van der Waals surface area contributed by atoms with Crippen LogP contribution in [0.25, 0.3) is 0 Å². The molecule has 2 aromatic carbocycles. The van der Waals surface area contributed by atoms with Crippen LogP contribution >= 0.6 is 0 Å². The number of amides is 1. The summed E-state index contributed by atoms with van der Waals surface area (Å²) in [6.45, 7) is 0.686. The molecule has 4 atom stereocenters. The zero-order chi connectivity index (χ0) is 21.3. The molecule has 160 valence electrons. The lowest BCUT2D eigenvalue weighted by Crippen LogP contribution is -2.54. The lowest BCUT2D eigenvalue weighted by atomic mass is 9.87. The second-order valence-electron chi connectivity index (χ2n) is 7.77. The van der Waals surface area contributed by atoms with Gasteiger partial charge in [-0.05, 0) is 48.4 Å². The first-order valence-electron chi connectivity index (χ1n) is 10.2. The molecule has 1 fully saturated rings. The number of nitrogens with zero attached hydrogens (tertiary/aromatic N) is 1. The Labute approximate surface area is 175 Å². The van der Waals surface area contributed by atoms with Gasteiger partial charge in [-0.2, -0.15) is 0 Å². The molecule has 2 aliphatic rings. The molecule has 2 aliphatic heterocycles. The molecule has 0 aliphatic carbocycles. The van der Waals surface area contributed by atoms with E-state index < -0.39 is 12.1 Å². The van der Waals surface area contributed by atoms with Crippen LogP contribution in [0.2, 0.25) is 0 Å². The number of likely N-dealkylation sites (N-methyl/N-ethyl adjacent to an activating group) is 1. The molecule has 0 spiro atoms. The SMILES string of the molecule is CN[C@H]1C[C@H](C(=O)N2CCc3c(F)cccc3[C@@H]2c2ccc(F)cc2)OC[C@@H]1OC.